The summed E-state index contributed by atoms with van der Waals surface area (Å²) in [5.41, 5.74) is 2.06. The van der Waals surface area contributed by atoms with Crippen LogP contribution in [0.5, 0.6) is 17.2 Å². The molecule has 150 valence electrons. The molecule has 0 aliphatic carbocycles. The number of methoxy groups -OCH3 is 3. The SMILES string of the molecule is COc1cc(C=NN2CCN(Cc3ccccc3Cl)CC2)cc(OC)c1OC. The van der Waals surface area contributed by atoms with Gasteiger partial charge in [0, 0.05) is 43.3 Å². The lowest BCUT2D eigenvalue weighted by molar-refractivity contribution is 0.131. The van der Waals surface area contributed by atoms with Crippen molar-refractivity contribution in [1.29, 1.82) is 0 Å². The molecule has 0 atom stereocenters. The lowest BCUT2D eigenvalue weighted by Gasteiger charge is -2.33. The Morgan fingerprint density at radius 3 is 2.18 bits per heavy atom. The third-order valence-electron chi connectivity index (χ3n) is 4.76. The molecular formula is C21H26ClN3O3. The summed E-state index contributed by atoms with van der Waals surface area (Å²) >= 11 is 6.27. The van der Waals surface area contributed by atoms with E-state index in [-0.39, 0.29) is 0 Å². The highest BCUT2D eigenvalue weighted by Gasteiger charge is 2.17. The second-order valence-electron chi connectivity index (χ2n) is 6.52. The number of hydrogen-bond donors (Lipinski definition) is 0. The third-order valence-corrected chi connectivity index (χ3v) is 5.13. The van der Waals surface area contributed by atoms with Gasteiger partial charge >= 0.3 is 0 Å². The summed E-state index contributed by atoms with van der Waals surface area (Å²) in [5, 5.41) is 7.52. The van der Waals surface area contributed by atoms with Crippen molar-refractivity contribution in [2.24, 2.45) is 5.10 Å². The first kappa shape index (κ1) is 20.3. The standard InChI is InChI=1S/C21H26ClN3O3/c1-26-19-12-16(13-20(27-2)21(19)28-3)14-23-25-10-8-24(9-11-25)15-17-6-4-5-7-18(17)22/h4-7,12-14H,8-11,15H2,1-3H3. The number of rotatable bonds is 7. The molecule has 6 nitrogen and oxygen atoms in total. The zero-order valence-corrected chi connectivity index (χ0v) is 17.3. The van der Waals surface area contributed by atoms with Crippen molar-refractivity contribution >= 4 is 17.8 Å². The van der Waals surface area contributed by atoms with Crippen LogP contribution in [0.15, 0.2) is 41.5 Å². The maximum Gasteiger partial charge on any atom is 0.203 e. The second-order valence-corrected chi connectivity index (χ2v) is 6.93. The van der Waals surface area contributed by atoms with Gasteiger partial charge in [-0.05, 0) is 23.8 Å². The number of halogens is 1. The molecule has 0 N–H and O–H groups in total. The zero-order valence-electron chi connectivity index (χ0n) is 16.5. The molecule has 2 aromatic carbocycles. The fourth-order valence-corrected chi connectivity index (χ4v) is 3.40. The summed E-state index contributed by atoms with van der Waals surface area (Å²) in [6, 6.07) is 11.8. The normalized spacial score (nSPS) is 15.1. The van der Waals surface area contributed by atoms with E-state index in [4.69, 9.17) is 25.8 Å². The molecule has 0 bridgehead atoms. The Morgan fingerprint density at radius 1 is 0.964 bits per heavy atom. The van der Waals surface area contributed by atoms with E-state index in [1.807, 2.05) is 36.5 Å². The van der Waals surface area contributed by atoms with Gasteiger partial charge in [-0.15, -0.1) is 0 Å². The van der Waals surface area contributed by atoms with E-state index >= 15 is 0 Å². The van der Waals surface area contributed by atoms with Crippen LogP contribution in [-0.2, 0) is 6.54 Å². The van der Waals surface area contributed by atoms with E-state index in [9.17, 15) is 0 Å². The Morgan fingerprint density at radius 2 is 1.61 bits per heavy atom. The first-order valence-electron chi connectivity index (χ1n) is 9.19. The first-order valence-corrected chi connectivity index (χ1v) is 9.57. The molecular weight excluding hydrogens is 378 g/mol. The van der Waals surface area contributed by atoms with Gasteiger partial charge in [-0.3, -0.25) is 9.91 Å². The fourth-order valence-electron chi connectivity index (χ4n) is 3.20. The van der Waals surface area contributed by atoms with E-state index in [0.29, 0.717) is 17.2 Å². The van der Waals surface area contributed by atoms with Crippen molar-refractivity contribution in [1.82, 2.24) is 9.91 Å². The van der Waals surface area contributed by atoms with E-state index in [0.717, 1.165) is 43.3 Å². The molecule has 1 saturated heterocycles. The molecule has 3 rings (SSSR count). The number of nitrogens with zero attached hydrogens (tertiary/aromatic N) is 3. The highest BCUT2D eigenvalue weighted by molar-refractivity contribution is 6.31. The van der Waals surface area contributed by atoms with Crippen molar-refractivity contribution in [2.75, 3.05) is 47.5 Å². The van der Waals surface area contributed by atoms with E-state index < -0.39 is 0 Å². The third kappa shape index (κ3) is 4.88. The van der Waals surface area contributed by atoms with Gasteiger partial charge in [0.25, 0.3) is 0 Å². The molecule has 1 aliphatic rings. The molecule has 2 aromatic rings. The van der Waals surface area contributed by atoms with Gasteiger partial charge in [-0.25, -0.2) is 0 Å². The summed E-state index contributed by atoms with van der Waals surface area (Å²) in [4.78, 5) is 2.40. The molecule has 0 unspecified atom stereocenters. The Kier molecular flexibility index (Phi) is 7.01. The second kappa shape index (κ2) is 9.66. The molecule has 0 saturated carbocycles. The topological polar surface area (TPSA) is 46.5 Å². The van der Waals surface area contributed by atoms with Gasteiger partial charge in [-0.2, -0.15) is 5.10 Å². The van der Waals surface area contributed by atoms with Crippen LogP contribution in [0.4, 0.5) is 0 Å². The van der Waals surface area contributed by atoms with Gasteiger partial charge in [0.2, 0.25) is 5.75 Å². The minimum absolute atomic E-state index is 0.579. The monoisotopic (exact) mass is 403 g/mol. The van der Waals surface area contributed by atoms with Crippen molar-refractivity contribution in [3.8, 4) is 17.2 Å². The maximum absolute atomic E-state index is 6.27. The number of ether oxygens (including phenoxy) is 3. The smallest absolute Gasteiger partial charge is 0.203 e. The van der Waals surface area contributed by atoms with Crippen molar-refractivity contribution < 1.29 is 14.2 Å². The van der Waals surface area contributed by atoms with Crippen LogP contribution in [0.25, 0.3) is 0 Å². The average molecular weight is 404 g/mol. The van der Waals surface area contributed by atoms with Gasteiger partial charge in [-0.1, -0.05) is 29.8 Å². The molecule has 0 aromatic heterocycles. The van der Waals surface area contributed by atoms with E-state index in [1.165, 1.54) is 5.56 Å². The van der Waals surface area contributed by atoms with Crippen LogP contribution in [-0.4, -0.2) is 63.6 Å². The molecule has 0 amide bonds. The van der Waals surface area contributed by atoms with Gasteiger partial charge < -0.3 is 14.2 Å². The van der Waals surface area contributed by atoms with E-state index in [2.05, 4.69) is 21.1 Å². The molecule has 28 heavy (non-hydrogen) atoms. The first-order chi connectivity index (χ1) is 13.6. The highest BCUT2D eigenvalue weighted by Crippen LogP contribution is 2.37. The number of hydrazone groups is 1. The van der Waals surface area contributed by atoms with Crippen LogP contribution in [0.1, 0.15) is 11.1 Å². The Balaban J connectivity index is 1.60. The predicted molar refractivity (Wildman–Crippen MR) is 112 cm³/mol. The van der Waals surface area contributed by atoms with Gasteiger partial charge in [0.15, 0.2) is 11.5 Å². The van der Waals surface area contributed by atoms with Crippen LogP contribution in [0.3, 0.4) is 0 Å². The molecule has 1 heterocycles. The number of benzene rings is 2. The Bertz CT molecular complexity index is 795. The minimum atomic E-state index is 0.579. The van der Waals surface area contributed by atoms with E-state index in [1.54, 1.807) is 21.3 Å². The fraction of sp³-hybridized carbons (Fsp3) is 0.381. The Hall–Kier alpha value is -2.44. The summed E-state index contributed by atoms with van der Waals surface area (Å²) < 4.78 is 16.1. The van der Waals surface area contributed by atoms with Crippen LogP contribution >= 0.6 is 11.6 Å². The highest BCUT2D eigenvalue weighted by atomic mass is 35.5. The molecule has 1 aliphatic heterocycles. The van der Waals surface area contributed by atoms with Crippen molar-refractivity contribution in [3.63, 3.8) is 0 Å². The van der Waals surface area contributed by atoms with Crippen molar-refractivity contribution in [2.45, 2.75) is 6.54 Å². The Labute approximate surface area is 171 Å². The number of hydrogen-bond acceptors (Lipinski definition) is 6. The quantitative estimate of drug-likeness (QED) is 0.662. The largest absolute Gasteiger partial charge is 0.493 e. The van der Waals surface area contributed by atoms with Crippen molar-refractivity contribution in [3.05, 3.63) is 52.5 Å². The number of piperazine rings is 1. The molecule has 0 radical (unpaired) electrons. The average Bonchev–Trinajstić information content (AvgIpc) is 2.74. The maximum atomic E-state index is 6.27. The van der Waals surface area contributed by atoms with Crippen LogP contribution in [0.2, 0.25) is 5.02 Å². The molecule has 7 heteroatoms. The summed E-state index contributed by atoms with van der Waals surface area (Å²) in [6.45, 7) is 4.48. The lowest BCUT2D eigenvalue weighted by Crippen LogP contribution is -2.43. The molecule has 0 spiro atoms. The summed E-state index contributed by atoms with van der Waals surface area (Å²) in [5.74, 6) is 1.82. The zero-order chi connectivity index (χ0) is 19.9. The van der Waals surface area contributed by atoms with Gasteiger partial charge in [0.05, 0.1) is 27.5 Å². The summed E-state index contributed by atoms with van der Waals surface area (Å²) in [6.07, 6.45) is 1.83. The van der Waals surface area contributed by atoms with Crippen LogP contribution < -0.4 is 14.2 Å². The van der Waals surface area contributed by atoms with Gasteiger partial charge in [0.1, 0.15) is 0 Å². The van der Waals surface area contributed by atoms with Crippen LogP contribution in [0, 0.1) is 0 Å². The lowest BCUT2D eigenvalue weighted by atomic mass is 10.2. The molecule has 1 fully saturated rings. The minimum Gasteiger partial charge on any atom is -0.493 e. The summed E-state index contributed by atoms with van der Waals surface area (Å²) in [7, 11) is 4.81. The predicted octanol–water partition coefficient (Wildman–Crippen LogP) is 3.52.